The van der Waals surface area contributed by atoms with Crippen LogP contribution in [0.25, 0.3) is 12.2 Å². The zero-order chi connectivity index (χ0) is 24.0. The van der Waals surface area contributed by atoms with Gasteiger partial charge in [0, 0.05) is 42.3 Å². The fourth-order valence-electron chi connectivity index (χ4n) is 3.61. The first kappa shape index (κ1) is 23.8. The summed E-state index contributed by atoms with van der Waals surface area (Å²) in [6, 6.07) is 10.2. The molecular formula is C24H26FN5O3S. The van der Waals surface area contributed by atoms with Crippen molar-refractivity contribution < 1.29 is 17.9 Å². The third-order valence-corrected chi connectivity index (χ3v) is 6.92. The van der Waals surface area contributed by atoms with Gasteiger partial charge in [-0.3, -0.25) is 0 Å². The molecule has 0 unspecified atom stereocenters. The number of hydrogen-bond acceptors (Lipinski definition) is 7. The summed E-state index contributed by atoms with van der Waals surface area (Å²) in [5.74, 6) is -0.130. The van der Waals surface area contributed by atoms with Crippen molar-refractivity contribution in [3.8, 4) is 5.75 Å². The van der Waals surface area contributed by atoms with Gasteiger partial charge in [-0.1, -0.05) is 12.2 Å². The molecule has 10 heteroatoms. The van der Waals surface area contributed by atoms with Crippen LogP contribution in [0.5, 0.6) is 5.75 Å². The van der Waals surface area contributed by atoms with Crippen LogP contribution in [-0.2, 0) is 10.0 Å². The number of aromatic hydroxyl groups is 1. The summed E-state index contributed by atoms with van der Waals surface area (Å²) in [6.07, 6.45) is 8.63. The molecule has 0 aliphatic carbocycles. The first-order chi connectivity index (χ1) is 16.4. The molecule has 1 aliphatic heterocycles. The molecule has 2 aromatic carbocycles. The van der Waals surface area contributed by atoms with Crippen molar-refractivity contribution in [2.45, 2.75) is 17.7 Å². The molecule has 4 rings (SSSR count). The number of aromatic nitrogens is 2. The van der Waals surface area contributed by atoms with Gasteiger partial charge in [-0.2, -0.15) is 0 Å². The lowest BCUT2D eigenvalue weighted by molar-refractivity contribution is 0.344. The second-order valence-electron chi connectivity index (χ2n) is 7.98. The maximum Gasteiger partial charge on any atom is 0.240 e. The number of phenols is 1. The summed E-state index contributed by atoms with van der Waals surface area (Å²) < 4.78 is 41.4. The Morgan fingerprint density at radius 3 is 2.44 bits per heavy atom. The fourth-order valence-corrected chi connectivity index (χ4v) is 4.63. The predicted molar refractivity (Wildman–Crippen MR) is 130 cm³/mol. The lowest BCUT2D eigenvalue weighted by atomic mass is 10.1. The quantitative estimate of drug-likeness (QED) is 0.427. The number of nitrogens with one attached hydrogen (secondary N) is 2. The SMILES string of the molecule is O=S(=O)(NCCN1CCCC1)c1ccc(Nc2ncc(C=Cc3cc(O)ccc3F)cn2)cc1. The number of nitrogens with zero attached hydrogens (tertiary/aromatic N) is 3. The molecule has 0 spiro atoms. The Balaban J connectivity index is 1.33. The Labute approximate surface area is 198 Å². The van der Waals surface area contributed by atoms with Gasteiger partial charge in [0.05, 0.1) is 4.90 Å². The van der Waals surface area contributed by atoms with Gasteiger partial charge in [0.1, 0.15) is 11.6 Å². The highest BCUT2D eigenvalue weighted by Gasteiger charge is 2.16. The fraction of sp³-hybridized carbons (Fsp3) is 0.250. The van der Waals surface area contributed by atoms with E-state index in [4.69, 9.17) is 0 Å². The smallest absolute Gasteiger partial charge is 0.240 e. The lowest BCUT2D eigenvalue weighted by Gasteiger charge is -2.15. The molecule has 1 aliphatic rings. The standard InChI is InChI=1S/C24H26FN5O3S/c25-23-10-7-21(31)15-19(23)4-3-18-16-26-24(27-17-18)29-20-5-8-22(9-6-20)34(32,33)28-11-14-30-12-1-2-13-30/h3-10,15-17,28,31H,1-2,11-14H2,(H,26,27,29). The molecule has 0 bridgehead atoms. The molecule has 1 fully saturated rings. The largest absolute Gasteiger partial charge is 0.508 e. The molecule has 1 saturated heterocycles. The lowest BCUT2D eigenvalue weighted by Crippen LogP contribution is -2.33. The number of likely N-dealkylation sites (tertiary alicyclic amines) is 1. The summed E-state index contributed by atoms with van der Waals surface area (Å²) in [6.45, 7) is 3.15. The number of sulfonamides is 1. The number of anilines is 2. The number of phenolic OH excluding ortho intramolecular Hbond substituents is 1. The van der Waals surface area contributed by atoms with Crippen LogP contribution in [0.2, 0.25) is 0 Å². The van der Waals surface area contributed by atoms with Gasteiger partial charge in [-0.15, -0.1) is 0 Å². The Kier molecular flexibility index (Phi) is 7.51. The highest BCUT2D eigenvalue weighted by Crippen LogP contribution is 2.19. The summed E-state index contributed by atoms with van der Waals surface area (Å²) >= 11 is 0. The number of rotatable bonds is 9. The van der Waals surface area contributed by atoms with Gasteiger partial charge >= 0.3 is 0 Å². The summed E-state index contributed by atoms with van der Waals surface area (Å²) in [4.78, 5) is 10.9. The molecule has 0 radical (unpaired) electrons. The maximum absolute atomic E-state index is 13.8. The second kappa shape index (κ2) is 10.7. The first-order valence-corrected chi connectivity index (χ1v) is 12.5. The van der Waals surface area contributed by atoms with Crippen LogP contribution in [-0.4, -0.2) is 54.6 Å². The Morgan fingerprint density at radius 1 is 1.03 bits per heavy atom. The third kappa shape index (κ3) is 6.37. The average Bonchev–Trinajstić information content (AvgIpc) is 3.34. The van der Waals surface area contributed by atoms with E-state index in [0.717, 1.165) is 13.1 Å². The van der Waals surface area contributed by atoms with Crippen LogP contribution in [0.15, 0.2) is 59.8 Å². The van der Waals surface area contributed by atoms with Crippen LogP contribution in [0.1, 0.15) is 24.0 Å². The van der Waals surface area contributed by atoms with Crippen LogP contribution >= 0.6 is 0 Å². The van der Waals surface area contributed by atoms with Gasteiger partial charge in [0.2, 0.25) is 16.0 Å². The Bertz CT molecular complexity index is 1240. The average molecular weight is 484 g/mol. The van der Waals surface area contributed by atoms with Gasteiger partial charge in [-0.25, -0.2) is 27.5 Å². The Morgan fingerprint density at radius 2 is 1.74 bits per heavy atom. The zero-order valence-corrected chi connectivity index (χ0v) is 19.3. The second-order valence-corrected chi connectivity index (χ2v) is 9.74. The van der Waals surface area contributed by atoms with Crippen LogP contribution in [0.4, 0.5) is 16.0 Å². The number of halogens is 1. The number of hydrogen-bond donors (Lipinski definition) is 3. The van der Waals surface area contributed by atoms with Gasteiger partial charge in [-0.05, 0) is 68.4 Å². The summed E-state index contributed by atoms with van der Waals surface area (Å²) in [5, 5.41) is 12.5. The summed E-state index contributed by atoms with van der Waals surface area (Å²) in [7, 11) is -3.57. The van der Waals surface area contributed by atoms with E-state index in [9.17, 15) is 17.9 Å². The van der Waals surface area contributed by atoms with E-state index in [1.54, 1.807) is 30.6 Å². The highest BCUT2D eigenvalue weighted by atomic mass is 32.2. The van der Waals surface area contributed by atoms with E-state index >= 15 is 0 Å². The van der Waals surface area contributed by atoms with E-state index in [0.29, 0.717) is 30.3 Å². The van der Waals surface area contributed by atoms with E-state index < -0.39 is 15.8 Å². The van der Waals surface area contributed by atoms with Crippen molar-refractivity contribution in [3.63, 3.8) is 0 Å². The van der Waals surface area contributed by atoms with Crippen molar-refractivity contribution in [1.29, 1.82) is 0 Å². The van der Waals surface area contributed by atoms with Crippen molar-refractivity contribution >= 4 is 33.8 Å². The van der Waals surface area contributed by atoms with Crippen molar-refractivity contribution in [2.24, 2.45) is 0 Å². The molecule has 0 saturated carbocycles. The van der Waals surface area contributed by atoms with Gasteiger partial charge in [0.15, 0.2) is 0 Å². The number of benzene rings is 2. The first-order valence-electron chi connectivity index (χ1n) is 11.0. The minimum Gasteiger partial charge on any atom is -0.508 e. The molecule has 3 aromatic rings. The maximum atomic E-state index is 13.8. The third-order valence-electron chi connectivity index (χ3n) is 5.45. The van der Waals surface area contributed by atoms with Crippen molar-refractivity contribution in [1.82, 2.24) is 19.6 Å². The van der Waals surface area contributed by atoms with E-state index in [1.165, 1.54) is 49.2 Å². The van der Waals surface area contributed by atoms with Crippen molar-refractivity contribution in [2.75, 3.05) is 31.5 Å². The molecule has 0 amide bonds. The monoisotopic (exact) mass is 483 g/mol. The molecular weight excluding hydrogens is 457 g/mol. The predicted octanol–water partition coefficient (Wildman–Crippen LogP) is 3.61. The molecule has 0 atom stereocenters. The molecule has 2 heterocycles. The van der Waals surface area contributed by atoms with Crippen LogP contribution in [0, 0.1) is 5.82 Å². The van der Waals surface area contributed by atoms with Gasteiger partial charge in [0.25, 0.3) is 0 Å². The van der Waals surface area contributed by atoms with E-state index in [-0.39, 0.29) is 16.2 Å². The van der Waals surface area contributed by atoms with E-state index in [1.807, 2.05) is 0 Å². The molecule has 1 aromatic heterocycles. The normalized spacial score (nSPS) is 14.6. The highest BCUT2D eigenvalue weighted by molar-refractivity contribution is 7.89. The van der Waals surface area contributed by atoms with Gasteiger partial charge < -0.3 is 15.3 Å². The van der Waals surface area contributed by atoms with Crippen molar-refractivity contribution in [3.05, 3.63) is 71.8 Å². The molecule has 8 nitrogen and oxygen atoms in total. The topological polar surface area (TPSA) is 107 Å². The van der Waals surface area contributed by atoms with Crippen LogP contribution in [0.3, 0.4) is 0 Å². The minimum absolute atomic E-state index is 0.0199. The molecule has 34 heavy (non-hydrogen) atoms. The molecule has 178 valence electrons. The zero-order valence-electron chi connectivity index (χ0n) is 18.5. The molecule has 3 N–H and O–H groups in total. The summed E-state index contributed by atoms with van der Waals surface area (Å²) in [5.41, 5.74) is 1.54. The van der Waals surface area contributed by atoms with Crippen LogP contribution < -0.4 is 10.0 Å². The minimum atomic E-state index is -3.57. The Hall–Kier alpha value is -3.34. The van der Waals surface area contributed by atoms with E-state index in [2.05, 4.69) is 24.9 Å².